The van der Waals surface area contributed by atoms with Gasteiger partial charge in [0.2, 0.25) is 5.91 Å². The summed E-state index contributed by atoms with van der Waals surface area (Å²) in [7, 11) is 0. The van der Waals surface area contributed by atoms with E-state index in [2.05, 4.69) is 10.3 Å². The molecule has 24 heavy (non-hydrogen) atoms. The molecule has 0 bridgehead atoms. The van der Waals surface area contributed by atoms with Crippen LogP contribution in [0.2, 0.25) is 0 Å². The summed E-state index contributed by atoms with van der Waals surface area (Å²) in [4.78, 5) is 26.7. The lowest BCUT2D eigenvalue weighted by molar-refractivity contribution is -0.136. The number of nitrogens with zero attached hydrogens (tertiary/aromatic N) is 1. The molecule has 1 aromatic heterocycles. The van der Waals surface area contributed by atoms with Crippen molar-refractivity contribution in [2.45, 2.75) is 25.0 Å². The number of anilines is 1. The number of aliphatic carboxylic acids is 1. The molecule has 1 aromatic carbocycles. The number of aromatic nitrogens is 1. The highest BCUT2D eigenvalue weighted by Gasteiger charge is 2.05. The van der Waals surface area contributed by atoms with Gasteiger partial charge < -0.3 is 10.4 Å². The first kappa shape index (κ1) is 18.0. The van der Waals surface area contributed by atoms with Crippen LogP contribution in [0.3, 0.4) is 0 Å². The Kier molecular flexibility index (Phi) is 7.29. The molecule has 0 atom stereocenters. The third kappa shape index (κ3) is 6.83. The summed E-state index contributed by atoms with van der Waals surface area (Å²) < 4.78 is 0. The van der Waals surface area contributed by atoms with E-state index in [0.29, 0.717) is 18.6 Å². The molecule has 0 saturated heterocycles. The predicted octanol–water partition coefficient (Wildman–Crippen LogP) is 3.36. The maximum atomic E-state index is 12.0. The molecule has 0 spiro atoms. The van der Waals surface area contributed by atoms with Crippen LogP contribution >= 0.6 is 11.8 Å². The largest absolute Gasteiger partial charge is 0.481 e. The summed E-state index contributed by atoms with van der Waals surface area (Å²) in [5.74, 6) is 0.480. The molecule has 0 aliphatic carbocycles. The van der Waals surface area contributed by atoms with Gasteiger partial charge in [-0.25, -0.2) is 0 Å². The first-order valence-electron chi connectivity index (χ1n) is 7.72. The average Bonchev–Trinajstić information content (AvgIpc) is 2.58. The highest BCUT2D eigenvalue weighted by molar-refractivity contribution is 7.98. The Hall–Kier alpha value is -2.34. The van der Waals surface area contributed by atoms with Crippen molar-refractivity contribution >= 4 is 29.3 Å². The second-order valence-corrected chi connectivity index (χ2v) is 6.37. The Morgan fingerprint density at radius 3 is 2.75 bits per heavy atom. The Morgan fingerprint density at radius 1 is 1.12 bits per heavy atom. The van der Waals surface area contributed by atoms with E-state index in [4.69, 9.17) is 5.11 Å². The zero-order valence-corrected chi connectivity index (χ0v) is 14.1. The van der Waals surface area contributed by atoms with Crippen LogP contribution in [0.25, 0.3) is 0 Å². The van der Waals surface area contributed by atoms with Crippen molar-refractivity contribution < 1.29 is 14.7 Å². The molecular formula is C18H20N2O3S. The quantitative estimate of drug-likeness (QED) is 0.682. The van der Waals surface area contributed by atoms with Gasteiger partial charge in [-0.3, -0.25) is 14.6 Å². The molecule has 0 fully saturated rings. The average molecular weight is 344 g/mol. The lowest BCUT2D eigenvalue weighted by atomic mass is 10.2. The molecule has 126 valence electrons. The molecule has 0 aliphatic rings. The first-order chi connectivity index (χ1) is 11.6. The summed E-state index contributed by atoms with van der Waals surface area (Å²) in [6.07, 6.45) is 2.87. The highest BCUT2D eigenvalue weighted by Crippen LogP contribution is 2.17. The third-order valence-corrected chi connectivity index (χ3v) is 4.30. The molecule has 0 saturated carbocycles. The number of carbonyl (C=O) groups is 2. The van der Waals surface area contributed by atoms with Crippen molar-refractivity contribution in [1.29, 1.82) is 0 Å². The molecule has 6 heteroatoms. The molecule has 0 aliphatic heterocycles. The van der Waals surface area contributed by atoms with E-state index in [1.807, 2.05) is 42.5 Å². The van der Waals surface area contributed by atoms with Crippen LogP contribution in [0.5, 0.6) is 0 Å². The standard InChI is InChI=1S/C18H20N2O3S/c21-17(8-7-15-5-1-2-10-19-15)20-16-6-3-4-14(12-16)13-24-11-9-18(22)23/h1-6,10,12H,7-9,11,13H2,(H,20,21)(H,22,23). The molecule has 2 aromatic rings. The van der Waals surface area contributed by atoms with Crippen molar-refractivity contribution in [1.82, 2.24) is 4.98 Å². The van der Waals surface area contributed by atoms with Gasteiger partial charge in [-0.1, -0.05) is 18.2 Å². The van der Waals surface area contributed by atoms with E-state index in [-0.39, 0.29) is 12.3 Å². The topological polar surface area (TPSA) is 79.3 Å². The van der Waals surface area contributed by atoms with Gasteiger partial charge in [0.25, 0.3) is 0 Å². The fourth-order valence-electron chi connectivity index (χ4n) is 2.10. The normalized spacial score (nSPS) is 10.3. The fourth-order valence-corrected chi connectivity index (χ4v) is 2.98. The summed E-state index contributed by atoms with van der Waals surface area (Å²) in [5, 5.41) is 11.5. The number of aryl methyl sites for hydroxylation is 1. The minimum atomic E-state index is -0.781. The number of nitrogens with one attached hydrogen (secondary N) is 1. The second-order valence-electron chi connectivity index (χ2n) is 5.27. The van der Waals surface area contributed by atoms with E-state index >= 15 is 0 Å². The van der Waals surface area contributed by atoms with Crippen LogP contribution in [-0.2, 0) is 21.8 Å². The van der Waals surface area contributed by atoms with E-state index < -0.39 is 5.97 Å². The van der Waals surface area contributed by atoms with Crippen molar-refractivity contribution in [3.05, 3.63) is 59.9 Å². The smallest absolute Gasteiger partial charge is 0.304 e. The van der Waals surface area contributed by atoms with Crippen molar-refractivity contribution in [2.75, 3.05) is 11.1 Å². The minimum absolute atomic E-state index is 0.0451. The van der Waals surface area contributed by atoms with Gasteiger partial charge in [-0.05, 0) is 36.2 Å². The van der Waals surface area contributed by atoms with E-state index in [0.717, 1.165) is 22.7 Å². The van der Waals surface area contributed by atoms with Crippen LogP contribution in [-0.4, -0.2) is 27.7 Å². The lowest BCUT2D eigenvalue weighted by Gasteiger charge is -2.07. The fraction of sp³-hybridized carbons (Fsp3) is 0.278. The number of carboxylic acid groups (broad SMARTS) is 1. The molecule has 2 rings (SSSR count). The molecule has 2 N–H and O–H groups in total. The maximum Gasteiger partial charge on any atom is 0.304 e. The number of pyridine rings is 1. The minimum Gasteiger partial charge on any atom is -0.481 e. The SMILES string of the molecule is O=C(O)CCSCc1cccc(NC(=O)CCc2ccccn2)c1. The number of hydrogen-bond acceptors (Lipinski definition) is 4. The van der Waals surface area contributed by atoms with Gasteiger partial charge in [-0.15, -0.1) is 0 Å². The zero-order valence-electron chi connectivity index (χ0n) is 13.3. The number of carboxylic acids is 1. The summed E-state index contributed by atoms with van der Waals surface area (Å²) in [6, 6.07) is 13.3. The summed E-state index contributed by atoms with van der Waals surface area (Å²) in [6.45, 7) is 0. The number of rotatable bonds is 9. The monoisotopic (exact) mass is 344 g/mol. The van der Waals surface area contributed by atoms with E-state index in [1.54, 1.807) is 18.0 Å². The van der Waals surface area contributed by atoms with E-state index in [9.17, 15) is 9.59 Å². The van der Waals surface area contributed by atoms with Gasteiger partial charge in [0, 0.05) is 35.5 Å². The molecule has 0 radical (unpaired) electrons. The van der Waals surface area contributed by atoms with Crippen LogP contribution in [0.4, 0.5) is 5.69 Å². The molecular weight excluding hydrogens is 324 g/mol. The molecule has 1 amide bonds. The van der Waals surface area contributed by atoms with Crippen LogP contribution in [0.15, 0.2) is 48.7 Å². The number of benzene rings is 1. The third-order valence-electron chi connectivity index (χ3n) is 3.27. The van der Waals surface area contributed by atoms with Crippen LogP contribution < -0.4 is 5.32 Å². The number of hydrogen-bond donors (Lipinski definition) is 2. The van der Waals surface area contributed by atoms with Crippen molar-refractivity contribution in [3.63, 3.8) is 0 Å². The number of carbonyl (C=O) groups excluding carboxylic acids is 1. The zero-order chi connectivity index (χ0) is 17.2. The second kappa shape index (κ2) is 9.72. The van der Waals surface area contributed by atoms with Gasteiger partial charge in [0.05, 0.1) is 6.42 Å². The maximum absolute atomic E-state index is 12.0. The number of thioether (sulfide) groups is 1. The van der Waals surface area contributed by atoms with Crippen molar-refractivity contribution in [2.24, 2.45) is 0 Å². The van der Waals surface area contributed by atoms with Gasteiger partial charge in [0.15, 0.2) is 0 Å². The Balaban J connectivity index is 1.78. The molecule has 5 nitrogen and oxygen atoms in total. The molecule has 1 heterocycles. The van der Waals surface area contributed by atoms with Gasteiger partial charge in [0.1, 0.15) is 0 Å². The van der Waals surface area contributed by atoms with E-state index in [1.165, 1.54) is 0 Å². The van der Waals surface area contributed by atoms with Crippen LogP contribution in [0, 0.1) is 0 Å². The Bertz CT molecular complexity index is 677. The highest BCUT2D eigenvalue weighted by atomic mass is 32.2. The Morgan fingerprint density at radius 2 is 2.00 bits per heavy atom. The Labute approximate surface area is 145 Å². The first-order valence-corrected chi connectivity index (χ1v) is 8.87. The lowest BCUT2D eigenvalue weighted by Crippen LogP contribution is -2.12. The molecule has 0 unspecified atom stereocenters. The van der Waals surface area contributed by atoms with Crippen molar-refractivity contribution in [3.8, 4) is 0 Å². The van der Waals surface area contributed by atoms with Crippen LogP contribution in [0.1, 0.15) is 24.1 Å². The summed E-state index contributed by atoms with van der Waals surface area (Å²) in [5.41, 5.74) is 2.72. The predicted molar refractivity (Wildman–Crippen MR) is 96.0 cm³/mol. The summed E-state index contributed by atoms with van der Waals surface area (Å²) >= 11 is 1.57. The number of amides is 1. The van der Waals surface area contributed by atoms with Gasteiger partial charge in [-0.2, -0.15) is 11.8 Å². The van der Waals surface area contributed by atoms with Gasteiger partial charge >= 0.3 is 5.97 Å².